The van der Waals surface area contributed by atoms with Crippen LogP contribution in [0, 0.1) is 5.82 Å². The van der Waals surface area contributed by atoms with Crippen LogP contribution in [-0.2, 0) is 0 Å². The van der Waals surface area contributed by atoms with Gasteiger partial charge in [-0.15, -0.1) is 11.8 Å². The quantitative estimate of drug-likeness (QED) is 0.836. The molecule has 0 bridgehead atoms. The third-order valence-electron chi connectivity index (χ3n) is 2.85. The Hall–Kier alpha value is -0.540. The van der Waals surface area contributed by atoms with Crippen molar-refractivity contribution in [1.29, 1.82) is 0 Å². The Morgan fingerprint density at radius 2 is 1.80 bits per heavy atom. The molecule has 1 aliphatic rings. The molecule has 1 saturated carbocycles. The maximum atomic E-state index is 13.4. The zero-order valence-electron chi connectivity index (χ0n) is 8.66. The van der Waals surface area contributed by atoms with Gasteiger partial charge in [-0.1, -0.05) is 12.1 Å². The lowest BCUT2D eigenvalue weighted by Gasteiger charge is -2.25. The topological polar surface area (TPSA) is 26.0 Å². The predicted molar refractivity (Wildman–Crippen MR) is 62.5 cm³/mol. The molecule has 1 aromatic carbocycles. The molecule has 0 saturated heterocycles. The third-order valence-corrected chi connectivity index (χ3v) is 4.24. The minimum atomic E-state index is -0.0997. The average molecular weight is 225 g/mol. The molecule has 0 unspecified atom stereocenters. The summed E-state index contributed by atoms with van der Waals surface area (Å²) in [5.41, 5.74) is 5.84. The summed E-state index contributed by atoms with van der Waals surface area (Å²) < 4.78 is 13.4. The van der Waals surface area contributed by atoms with E-state index in [1.54, 1.807) is 17.8 Å². The molecule has 2 rings (SSSR count). The fourth-order valence-electron chi connectivity index (χ4n) is 1.93. The normalized spacial score (nSPS) is 26.5. The molecule has 0 radical (unpaired) electrons. The first-order valence-corrected chi connectivity index (χ1v) is 6.30. The number of hydrogen-bond donors (Lipinski definition) is 1. The van der Waals surface area contributed by atoms with Crippen molar-refractivity contribution in [1.82, 2.24) is 0 Å². The SMILES string of the molecule is NC1CCC(Sc2ccccc2F)CC1. The van der Waals surface area contributed by atoms with Gasteiger partial charge in [0, 0.05) is 16.2 Å². The van der Waals surface area contributed by atoms with E-state index in [1.165, 1.54) is 6.07 Å². The molecule has 1 fully saturated rings. The lowest BCUT2D eigenvalue weighted by molar-refractivity contribution is 0.450. The lowest BCUT2D eigenvalue weighted by atomic mass is 9.96. The van der Waals surface area contributed by atoms with Gasteiger partial charge in [0.05, 0.1) is 0 Å². The summed E-state index contributed by atoms with van der Waals surface area (Å²) in [5.74, 6) is -0.0997. The maximum Gasteiger partial charge on any atom is 0.136 e. The van der Waals surface area contributed by atoms with Crippen molar-refractivity contribution >= 4 is 11.8 Å². The fourth-order valence-corrected chi connectivity index (χ4v) is 3.13. The highest BCUT2D eigenvalue weighted by Gasteiger charge is 2.20. The van der Waals surface area contributed by atoms with Gasteiger partial charge in [0.1, 0.15) is 5.82 Å². The van der Waals surface area contributed by atoms with Crippen molar-refractivity contribution in [3.8, 4) is 0 Å². The molecule has 0 aliphatic heterocycles. The first-order valence-electron chi connectivity index (χ1n) is 5.42. The van der Waals surface area contributed by atoms with Gasteiger partial charge in [0.2, 0.25) is 0 Å². The summed E-state index contributed by atoms with van der Waals surface area (Å²) in [6.07, 6.45) is 4.37. The number of nitrogens with two attached hydrogens (primary N) is 1. The number of rotatable bonds is 2. The van der Waals surface area contributed by atoms with Crippen molar-refractivity contribution in [3.05, 3.63) is 30.1 Å². The van der Waals surface area contributed by atoms with Crippen molar-refractivity contribution in [3.63, 3.8) is 0 Å². The van der Waals surface area contributed by atoms with Gasteiger partial charge in [0.25, 0.3) is 0 Å². The smallest absolute Gasteiger partial charge is 0.136 e. The van der Waals surface area contributed by atoms with Gasteiger partial charge in [-0.3, -0.25) is 0 Å². The second-order valence-corrected chi connectivity index (χ2v) is 5.43. The number of thioether (sulfide) groups is 1. The Morgan fingerprint density at radius 3 is 2.47 bits per heavy atom. The van der Waals surface area contributed by atoms with Crippen molar-refractivity contribution in [2.45, 2.75) is 41.9 Å². The van der Waals surface area contributed by atoms with Crippen LogP contribution < -0.4 is 5.73 Å². The van der Waals surface area contributed by atoms with E-state index in [1.807, 2.05) is 12.1 Å². The molecule has 2 N–H and O–H groups in total. The van der Waals surface area contributed by atoms with Gasteiger partial charge in [-0.05, 0) is 37.8 Å². The third kappa shape index (κ3) is 2.95. The Bertz CT molecular complexity index is 321. The molecular formula is C12H16FNS. The first kappa shape index (κ1) is 11.0. The largest absolute Gasteiger partial charge is 0.328 e. The van der Waals surface area contributed by atoms with Crippen molar-refractivity contribution < 1.29 is 4.39 Å². The molecule has 82 valence electrons. The molecule has 0 aromatic heterocycles. The second-order valence-electron chi connectivity index (χ2n) is 4.09. The summed E-state index contributed by atoms with van der Waals surface area (Å²) in [6, 6.07) is 7.36. The predicted octanol–water partition coefficient (Wildman–Crippen LogP) is 3.19. The van der Waals surface area contributed by atoms with E-state index < -0.39 is 0 Å². The van der Waals surface area contributed by atoms with E-state index in [0.29, 0.717) is 11.3 Å². The Morgan fingerprint density at radius 1 is 1.13 bits per heavy atom. The Kier molecular flexibility index (Phi) is 3.65. The Balaban J connectivity index is 1.95. The highest BCUT2D eigenvalue weighted by atomic mass is 32.2. The number of halogens is 1. The fraction of sp³-hybridized carbons (Fsp3) is 0.500. The zero-order chi connectivity index (χ0) is 10.7. The van der Waals surface area contributed by atoms with Crippen LogP contribution in [0.1, 0.15) is 25.7 Å². The van der Waals surface area contributed by atoms with E-state index in [9.17, 15) is 4.39 Å². The summed E-state index contributed by atoms with van der Waals surface area (Å²) in [5, 5.41) is 0.543. The molecule has 1 nitrogen and oxygen atoms in total. The molecule has 0 atom stereocenters. The van der Waals surface area contributed by atoms with Crippen LogP contribution in [0.5, 0.6) is 0 Å². The molecule has 0 spiro atoms. The highest BCUT2D eigenvalue weighted by Crippen LogP contribution is 2.34. The minimum Gasteiger partial charge on any atom is -0.328 e. The number of benzene rings is 1. The van der Waals surface area contributed by atoms with E-state index in [-0.39, 0.29) is 5.82 Å². The first-order chi connectivity index (χ1) is 7.25. The van der Waals surface area contributed by atoms with E-state index in [2.05, 4.69) is 0 Å². The van der Waals surface area contributed by atoms with Crippen LogP contribution >= 0.6 is 11.8 Å². The molecule has 0 heterocycles. The standard InChI is InChI=1S/C12H16FNS/c13-11-3-1-2-4-12(11)15-10-7-5-9(14)6-8-10/h1-4,9-10H,5-8,14H2. The summed E-state index contributed by atoms with van der Waals surface area (Å²) in [6.45, 7) is 0. The van der Waals surface area contributed by atoms with E-state index in [0.717, 1.165) is 30.6 Å². The summed E-state index contributed by atoms with van der Waals surface area (Å²) >= 11 is 1.66. The molecular weight excluding hydrogens is 209 g/mol. The maximum absolute atomic E-state index is 13.4. The number of hydrogen-bond acceptors (Lipinski definition) is 2. The molecule has 15 heavy (non-hydrogen) atoms. The van der Waals surface area contributed by atoms with Crippen LogP contribution in [0.3, 0.4) is 0 Å². The van der Waals surface area contributed by atoms with Crippen LogP contribution in [0.15, 0.2) is 29.2 Å². The molecule has 0 amide bonds. The monoisotopic (exact) mass is 225 g/mol. The van der Waals surface area contributed by atoms with Crippen molar-refractivity contribution in [2.24, 2.45) is 5.73 Å². The van der Waals surface area contributed by atoms with Crippen LogP contribution in [0.2, 0.25) is 0 Å². The Labute approximate surface area is 94.2 Å². The van der Waals surface area contributed by atoms with Crippen molar-refractivity contribution in [2.75, 3.05) is 0 Å². The van der Waals surface area contributed by atoms with Gasteiger partial charge in [-0.25, -0.2) is 4.39 Å². The van der Waals surface area contributed by atoms with Gasteiger partial charge in [0.15, 0.2) is 0 Å². The zero-order valence-corrected chi connectivity index (χ0v) is 9.47. The average Bonchev–Trinajstić information content (AvgIpc) is 2.25. The van der Waals surface area contributed by atoms with Crippen LogP contribution in [-0.4, -0.2) is 11.3 Å². The summed E-state index contributed by atoms with van der Waals surface area (Å²) in [7, 11) is 0. The van der Waals surface area contributed by atoms with Gasteiger partial charge >= 0.3 is 0 Å². The molecule has 1 aliphatic carbocycles. The van der Waals surface area contributed by atoms with E-state index >= 15 is 0 Å². The van der Waals surface area contributed by atoms with Crippen LogP contribution in [0.4, 0.5) is 4.39 Å². The highest BCUT2D eigenvalue weighted by molar-refractivity contribution is 8.00. The van der Waals surface area contributed by atoms with E-state index in [4.69, 9.17) is 5.73 Å². The minimum absolute atomic E-state index is 0.0997. The molecule has 3 heteroatoms. The second kappa shape index (κ2) is 4.99. The summed E-state index contributed by atoms with van der Waals surface area (Å²) in [4.78, 5) is 0.776. The van der Waals surface area contributed by atoms with Gasteiger partial charge in [-0.2, -0.15) is 0 Å². The van der Waals surface area contributed by atoms with Gasteiger partial charge < -0.3 is 5.73 Å². The lowest BCUT2D eigenvalue weighted by Crippen LogP contribution is -2.27. The molecule has 1 aromatic rings. The van der Waals surface area contributed by atoms with Crippen LogP contribution in [0.25, 0.3) is 0 Å².